The second kappa shape index (κ2) is 4.70. The molecule has 0 aliphatic rings. The molecule has 0 radical (unpaired) electrons. The number of methoxy groups -OCH3 is 1. The maximum absolute atomic E-state index is 11.1. The van der Waals surface area contributed by atoms with Crippen LogP contribution in [0.1, 0.15) is 36.9 Å². The first kappa shape index (κ1) is 13.4. The van der Waals surface area contributed by atoms with Gasteiger partial charge in [-0.1, -0.05) is 0 Å². The minimum absolute atomic E-state index is 0.0164. The molecule has 0 atom stereocenters. The van der Waals surface area contributed by atoms with Gasteiger partial charge in [0, 0.05) is 0 Å². The van der Waals surface area contributed by atoms with Crippen LogP contribution in [0.4, 0.5) is 0 Å². The van der Waals surface area contributed by atoms with Crippen LogP contribution < -0.4 is 4.74 Å². The Morgan fingerprint density at radius 1 is 1.00 bits per heavy atom. The molecule has 18 heavy (non-hydrogen) atoms. The number of hydrogen-bond donors (Lipinski definition) is 3. The van der Waals surface area contributed by atoms with Gasteiger partial charge >= 0.3 is 17.9 Å². The third-order valence-corrected chi connectivity index (χ3v) is 2.16. The van der Waals surface area contributed by atoms with E-state index in [1.54, 1.807) is 0 Å². The zero-order valence-electron chi connectivity index (χ0n) is 9.42. The number of carboxylic acids is 3. The van der Waals surface area contributed by atoms with Gasteiger partial charge in [-0.2, -0.15) is 0 Å². The zero-order valence-corrected chi connectivity index (χ0v) is 9.42. The summed E-state index contributed by atoms with van der Waals surface area (Å²) in [7, 11) is 1.14. The van der Waals surface area contributed by atoms with Crippen molar-refractivity contribution in [1.29, 1.82) is 0 Å². The molecule has 1 rings (SSSR count). The lowest BCUT2D eigenvalue weighted by Crippen LogP contribution is -2.19. The predicted molar refractivity (Wildman–Crippen MR) is 56.4 cm³/mol. The second-order valence-electron chi connectivity index (χ2n) is 3.24. The number of ether oxygens (including phenoxy) is 1. The Morgan fingerprint density at radius 3 is 1.83 bits per heavy atom. The second-order valence-corrected chi connectivity index (χ2v) is 3.24. The lowest BCUT2D eigenvalue weighted by Gasteiger charge is -2.12. The summed E-state index contributed by atoms with van der Waals surface area (Å²) < 4.78 is 4.76. The molecule has 1 heterocycles. The SMILES string of the molecule is COc1c(C)nc(C(=O)O)c(C(=O)O)c1C(=O)O. The third kappa shape index (κ3) is 2.08. The van der Waals surface area contributed by atoms with Crippen LogP contribution in [0.15, 0.2) is 0 Å². The van der Waals surface area contributed by atoms with E-state index in [1.165, 1.54) is 6.92 Å². The number of pyridine rings is 1. The van der Waals surface area contributed by atoms with Crippen molar-refractivity contribution >= 4 is 17.9 Å². The number of carbonyl (C=O) groups is 3. The predicted octanol–water partition coefficient (Wildman–Crippen LogP) is 0.493. The maximum Gasteiger partial charge on any atom is 0.355 e. The highest BCUT2D eigenvalue weighted by molar-refractivity contribution is 6.09. The Hall–Kier alpha value is -2.64. The minimum Gasteiger partial charge on any atom is -0.494 e. The standard InChI is InChI=1S/C10H9NO7/c1-3-7(18-2)5(9(14)15)4(8(12)13)6(11-3)10(16)17/h1-2H3,(H,12,13)(H,14,15)(H,16,17). The summed E-state index contributed by atoms with van der Waals surface area (Å²) in [4.78, 5) is 36.5. The zero-order chi connectivity index (χ0) is 14.0. The summed E-state index contributed by atoms with van der Waals surface area (Å²) in [6.45, 7) is 1.32. The number of aromatic carboxylic acids is 3. The highest BCUT2D eigenvalue weighted by atomic mass is 16.5. The van der Waals surface area contributed by atoms with E-state index in [9.17, 15) is 14.4 Å². The van der Waals surface area contributed by atoms with Crippen molar-refractivity contribution in [3.8, 4) is 5.75 Å². The number of nitrogens with zero attached hydrogens (tertiary/aromatic N) is 1. The number of hydrogen-bond acceptors (Lipinski definition) is 5. The molecule has 8 heteroatoms. The Labute approximate surface area is 100 Å². The number of rotatable bonds is 4. The summed E-state index contributed by atoms with van der Waals surface area (Å²) in [6.07, 6.45) is 0. The van der Waals surface area contributed by atoms with Gasteiger partial charge in [-0.3, -0.25) is 0 Å². The average Bonchev–Trinajstić information content (AvgIpc) is 2.26. The van der Waals surface area contributed by atoms with Gasteiger partial charge in [0.1, 0.15) is 11.1 Å². The van der Waals surface area contributed by atoms with Gasteiger partial charge in [0.2, 0.25) is 0 Å². The Morgan fingerprint density at radius 2 is 1.50 bits per heavy atom. The molecule has 1 aromatic rings. The summed E-state index contributed by atoms with van der Waals surface area (Å²) >= 11 is 0. The fourth-order valence-electron chi connectivity index (χ4n) is 1.50. The van der Waals surface area contributed by atoms with E-state index in [0.717, 1.165) is 7.11 Å². The fourth-order valence-corrected chi connectivity index (χ4v) is 1.50. The van der Waals surface area contributed by atoms with Gasteiger partial charge in [-0.05, 0) is 6.92 Å². The first-order chi connectivity index (χ1) is 8.31. The average molecular weight is 255 g/mol. The Kier molecular flexibility index (Phi) is 3.50. The molecular weight excluding hydrogens is 246 g/mol. The molecule has 0 amide bonds. The van der Waals surface area contributed by atoms with E-state index >= 15 is 0 Å². The molecule has 0 spiro atoms. The smallest absolute Gasteiger partial charge is 0.355 e. The third-order valence-electron chi connectivity index (χ3n) is 2.16. The largest absolute Gasteiger partial charge is 0.494 e. The molecule has 0 unspecified atom stereocenters. The molecule has 0 fully saturated rings. The number of carboxylic acid groups (broad SMARTS) is 3. The topological polar surface area (TPSA) is 134 Å². The van der Waals surface area contributed by atoms with E-state index < -0.39 is 34.7 Å². The minimum atomic E-state index is -1.70. The Bertz CT molecular complexity index is 550. The van der Waals surface area contributed by atoms with Crippen molar-refractivity contribution in [3.05, 3.63) is 22.5 Å². The number of aryl methyl sites for hydroxylation is 1. The van der Waals surface area contributed by atoms with Gasteiger partial charge in [0.15, 0.2) is 11.4 Å². The van der Waals surface area contributed by atoms with E-state index in [1.807, 2.05) is 0 Å². The van der Waals surface area contributed by atoms with Gasteiger partial charge in [-0.15, -0.1) is 0 Å². The van der Waals surface area contributed by atoms with Crippen molar-refractivity contribution < 1.29 is 34.4 Å². The van der Waals surface area contributed by atoms with E-state index in [0.29, 0.717) is 0 Å². The molecule has 0 bridgehead atoms. The Balaban J connectivity index is 3.86. The molecule has 0 saturated carbocycles. The number of aromatic nitrogens is 1. The lowest BCUT2D eigenvalue weighted by atomic mass is 10.0. The van der Waals surface area contributed by atoms with Crippen LogP contribution in [0, 0.1) is 6.92 Å². The molecule has 0 aliphatic heterocycles. The van der Waals surface area contributed by atoms with Crippen LogP contribution in [-0.4, -0.2) is 45.3 Å². The molecule has 96 valence electrons. The van der Waals surface area contributed by atoms with Crippen LogP contribution in [0.2, 0.25) is 0 Å². The first-order valence-corrected chi connectivity index (χ1v) is 4.59. The maximum atomic E-state index is 11.1. The van der Waals surface area contributed by atoms with E-state index in [4.69, 9.17) is 20.1 Å². The van der Waals surface area contributed by atoms with Crippen molar-refractivity contribution in [2.45, 2.75) is 6.92 Å². The van der Waals surface area contributed by atoms with Gasteiger partial charge in [-0.25, -0.2) is 19.4 Å². The van der Waals surface area contributed by atoms with Gasteiger partial charge in [0.25, 0.3) is 0 Å². The monoisotopic (exact) mass is 255 g/mol. The highest BCUT2D eigenvalue weighted by Crippen LogP contribution is 2.27. The molecule has 3 N–H and O–H groups in total. The van der Waals surface area contributed by atoms with E-state index in [2.05, 4.69) is 4.98 Å². The van der Waals surface area contributed by atoms with Crippen molar-refractivity contribution in [2.24, 2.45) is 0 Å². The van der Waals surface area contributed by atoms with Gasteiger partial charge < -0.3 is 20.1 Å². The molecule has 8 nitrogen and oxygen atoms in total. The molecule has 1 aromatic heterocycles. The van der Waals surface area contributed by atoms with Crippen molar-refractivity contribution in [2.75, 3.05) is 7.11 Å². The van der Waals surface area contributed by atoms with E-state index in [-0.39, 0.29) is 11.4 Å². The van der Waals surface area contributed by atoms with Crippen LogP contribution in [0.5, 0.6) is 5.75 Å². The quantitative estimate of drug-likeness (QED) is 0.707. The molecule has 0 saturated heterocycles. The van der Waals surface area contributed by atoms with Gasteiger partial charge in [0.05, 0.1) is 12.8 Å². The van der Waals surface area contributed by atoms with Crippen LogP contribution in [0.25, 0.3) is 0 Å². The van der Waals surface area contributed by atoms with Crippen LogP contribution in [0.3, 0.4) is 0 Å². The molecule has 0 aromatic carbocycles. The van der Waals surface area contributed by atoms with Crippen LogP contribution >= 0.6 is 0 Å². The molecular formula is C10H9NO7. The summed E-state index contributed by atoms with van der Waals surface area (Å²) in [6, 6.07) is 0. The van der Waals surface area contributed by atoms with Crippen molar-refractivity contribution in [1.82, 2.24) is 4.98 Å². The lowest BCUT2D eigenvalue weighted by molar-refractivity contribution is 0.0626. The normalized spacial score (nSPS) is 9.89. The summed E-state index contributed by atoms with van der Waals surface area (Å²) in [5.74, 6) is -5.20. The highest BCUT2D eigenvalue weighted by Gasteiger charge is 2.30. The first-order valence-electron chi connectivity index (χ1n) is 4.59. The van der Waals surface area contributed by atoms with Crippen LogP contribution in [-0.2, 0) is 0 Å². The van der Waals surface area contributed by atoms with Crippen molar-refractivity contribution in [3.63, 3.8) is 0 Å². The molecule has 0 aliphatic carbocycles. The fraction of sp³-hybridized carbons (Fsp3) is 0.200. The summed E-state index contributed by atoms with van der Waals surface area (Å²) in [5.41, 5.74) is -2.48. The summed E-state index contributed by atoms with van der Waals surface area (Å²) in [5, 5.41) is 26.8.